The smallest absolute Gasteiger partial charge is 0.205 e. The van der Waals surface area contributed by atoms with E-state index in [0.29, 0.717) is 6.42 Å². The van der Waals surface area contributed by atoms with Gasteiger partial charge in [-0.3, -0.25) is 0 Å². The van der Waals surface area contributed by atoms with E-state index in [-0.39, 0.29) is 6.04 Å². The number of nitriles is 1. The lowest BCUT2D eigenvalue weighted by molar-refractivity contribution is 0.700. The van der Waals surface area contributed by atoms with E-state index in [1.54, 1.807) is 0 Å². The maximum Gasteiger partial charge on any atom is 0.205 e. The van der Waals surface area contributed by atoms with E-state index in [4.69, 9.17) is 5.26 Å². The summed E-state index contributed by atoms with van der Waals surface area (Å²) in [4.78, 5) is 6.50. The minimum Gasteiger partial charge on any atom is -0.346 e. The van der Waals surface area contributed by atoms with Crippen LogP contribution in [0.15, 0.2) is 30.3 Å². The predicted molar refractivity (Wildman–Crippen MR) is 73.4 cm³/mol. The summed E-state index contributed by atoms with van der Waals surface area (Å²) in [7, 11) is 1.94. The van der Waals surface area contributed by atoms with Gasteiger partial charge in [0.25, 0.3) is 0 Å². The van der Waals surface area contributed by atoms with Crippen molar-refractivity contribution in [1.29, 1.82) is 5.26 Å². The van der Waals surface area contributed by atoms with Gasteiger partial charge in [-0.25, -0.2) is 0 Å². The summed E-state index contributed by atoms with van der Waals surface area (Å²) in [5.41, 5.74) is 1.02. The average molecular weight is 258 g/mol. The van der Waals surface area contributed by atoms with Crippen molar-refractivity contribution in [2.45, 2.75) is 19.4 Å². The van der Waals surface area contributed by atoms with Gasteiger partial charge < -0.3 is 4.90 Å². The molecule has 1 aromatic heterocycles. The third-order valence-electron chi connectivity index (χ3n) is 2.80. The lowest BCUT2D eigenvalue weighted by atomic mass is 10.2. The predicted octanol–water partition coefficient (Wildman–Crippen LogP) is 2.94. The molecular weight excluding hydrogens is 244 g/mol. The summed E-state index contributed by atoms with van der Waals surface area (Å²) in [5.74, 6) is 0.742. The van der Waals surface area contributed by atoms with Gasteiger partial charge >= 0.3 is 0 Å². The van der Waals surface area contributed by atoms with Gasteiger partial charge in [-0.2, -0.15) is 14.6 Å². The Balaban J connectivity index is 2.19. The first kappa shape index (κ1) is 12.5. The Morgan fingerprint density at radius 2 is 2.11 bits per heavy atom. The molecule has 0 aliphatic carbocycles. The molecule has 2 aromatic rings. The van der Waals surface area contributed by atoms with E-state index in [1.807, 2.05) is 49.2 Å². The molecule has 92 valence electrons. The summed E-state index contributed by atoms with van der Waals surface area (Å²) in [6.07, 6.45) is 0.483. The van der Waals surface area contributed by atoms with Gasteiger partial charge in [0.1, 0.15) is 0 Å². The molecule has 1 aromatic carbocycles. The van der Waals surface area contributed by atoms with Crippen molar-refractivity contribution in [2.75, 3.05) is 11.9 Å². The Bertz CT molecular complexity index is 544. The first-order valence-electron chi connectivity index (χ1n) is 5.71. The van der Waals surface area contributed by atoms with Gasteiger partial charge in [0.15, 0.2) is 5.82 Å². The van der Waals surface area contributed by atoms with Crippen LogP contribution in [0.4, 0.5) is 5.13 Å². The Morgan fingerprint density at radius 3 is 2.78 bits per heavy atom. The Hall–Kier alpha value is -1.93. The minimum absolute atomic E-state index is 0.145. The van der Waals surface area contributed by atoms with E-state index in [0.717, 1.165) is 16.5 Å². The fourth-order valence-electron chi connectivity index (χ4n) is 1.52. The number of benzene rings is 1. The first-order chi connectivity index (χ1) is 8.72. The highest BCUT2D eigenvalue weighted by Gasteiger charge is 2.14. The van der Waals surface area contributed by atoms with Crippen LogP contribution in [0.25, 0.3) is 11.4 Å². The van der Waals surface area contributed by atoms with Crippen molar-refractivity contribution < 1.29 is 0 Å². The SMILES string of the molecule is CC(CC#N)N(C)c1nc(-c2ccccc2)ns1. The standard InChI is InChI=1S/C13H14N4S/c1-10(8-9-14)17(2)13-15-12(16-18-13)11-6-4-3-5-7-11/h3-7,10H,8H2,1-2H3. The van der Waals surface area contributed by atoms with Crippen LogP contribution in [0.3, 0.4) is 0 Å². The van der Waals surface area contributed by atoms with Crippen molar-refractivity contribution in [2.24, 2.45) is 0 Å². The van der Waals surface area contributed by atoms with Crippen LogP contribution in [0.2, 0.25) is 0 Å². The lowest BCUT2D eigenvalue weighted by Crippen LogP contribution is -2.28. The Kier molecular flexibility index (Phi) is 3.90. The second kappa shape index (κ2) is 5.61. The highest BCUT2D eigenvalue weighted by Crippen LogP contribution is 2.24. The Morgan fingerprint density at radius 1 is 1.39 bits per heavy atom. The molecule has 0 amide bonds. The molecule has 1 heterocycles. The van der Waals surface area contributed by atoms with Gasteiger partial charge in [0.2, 0.25) is 5.13 Å². The molecule has 0 N–H and O–H groups in total. The van der Waals surface area contributed by atoms with Crippen molar-refractivity contribution in [3.05, 3.63) is 30.3 Å². The van der Waals surface area contributed by atoms with Crippen LogP contribution in [0.1, 0.15) is 13.3 Å². The van der Waals surface area contributed by atoms with Crippen molar-refractivity contribution in [3.63, 3.8) is 0 Å². The van der Waals surface area contributed by atoms with Gasteiger partial charge in [-0.1, -0.05) is 30.3 Å². The number of hydrogen-bond donors (Lipinski definition) is 0. The van der Waals surface area contributed by atoms with Crippen LogP contribution in [-0.2, 0) is 0 Å². The zero-order valence-corrected chi connectivity index (χ0v) is 11.2. The molecule has 0 spiro atoms. The van der Waals surface area contributed by atoms with Crippen LogP contribution >= 0.6 is 11.5 Å². The summed E-state index contributed by atoms with van der Waals surface area (Å²) in [5, 5.41) is 9.55. The van der Waals surface area contributed by atoms with Crippen LogP contribution in [0, 0.1) is 11.3 Å². The van der Waals surface area contributed by atoms with Crippen molar-refractivity contribution >= 4 is 16.7 Å². The number of rotatable bonds is 4. The van der Waals surface area contributed by atoms with Crippen LogP contribution < -0.4 is 4.90 Å². The topological polar surface area (TPSA) is 52.8 Å². The van der Waals surface area contributed by atoms with Crippen LogP contribution in [-0.4, -0.2) is 22.4 Å². The average Bonchev–Trinajstić information content (AvgIpc) is 2.89. The summed E-state index contributed by atoms with van der Waals surface area (Å²) in [6.45, 7) is 2.01. The monoisotopic (exact) mass is 258 g/mol. The quantitative estimate of drug-likeness (QED) is 0.846. The fraction of sp³-hybridized carbons (Fsp3) is 0.308. The molecule has 0 aliphatic heterocycles. The molecule has 0 saturated carbocycles. The minimum atomic E-state index is 0.145. The highest BCUT2D eigenvalue weighted by molar-refractivity contribution is 7.09. The zero-order valence-electron chi connectivity index (χ0n) is 10.4. The van der Waals surface area contributed by atoms with Crippen molar-refractivity contribution in [3.8, 4) is 17.5 Å². The maximum atomic E-state index is 8.71. The molecule has 0 bridgehead atoms. The molecule has 1 atom stereocenters. The molecule has 0 aliphatic rings. The van der Waals surface area contributed by atoms with E-state index in [1.165, 1.54) is 11.5 Å². The van der Waals surface area contributed by atoms with E-state index in [9.17, 15) is 0 Å². The molecule has 2 rings (SSSR count). The molecule has 0 fully saturated rings. The van der Waals surface area contributed by atoms with Gasteiger partial charge in [-0.05, 0) is 6.92 Å². The molecule has 4 nitrogen and oxygen atoms in total. The maximum absolute atomic E-state index is 8.71. The summed E-state index contributed by atoms with van der Waals surface area (Å²) < 4.78 is 4.36. The Labute approximate surface area is 111 Å². The zero-order chi connectivity index (χ0) is 13.0. The van der Waals surface area contributed by atoms with Gasteiger partial charge in [-0.15, -0.1) is 0 Å². The summed E-state index contributed by atoms with van der Waals surface area (Å²) >= 11 is 1.36. The lowest BCUT2D eigenvalue weighted by Gasteiger charge is -2.21. The molecular formula is C13H14N4S. The summed E-state index contributed by atoms with van der Waals surface area (Å²) in [6, 6.07) is 12.2. The number of aromatic nitrogens is 2. The fourth-order valence-corrected chi connectivity index (χ4v) is 2.27. The van der Waals surface area contributed by atoms with E-state index in [2.05, 4.69) is 15.4 Å². The second-order valence-electron chi connectivity index (χ2n) is 4.09. The van der Waals surface area contributed by atoms with Gasteiger partial charge in [0, 0.05) is 30.2 Å². The highest BCUT2D eigenvalue weighted by atomic mass is 32.1. The second-order valence-corrected chi connectivity index (χ2v) is 4.82. The molecule has 0 saturated heterocycles. The molecule has 1 unspecified atom stereocenters. The van der Waals surface area contributed by atoms with E-state index >= 15 is 0 Å². The molecule has 5 heteroatoms. The number of hydrogen-bond acceptors (Lipinski definition) is 5. The molecule has 18 heavy (non-hydrogen) atoms. The van der Waals surface area contributed by atoms with Crippen molar-refractivity contribution in [1.82, 2.24) is 9.36 Å². The normalized spacial score (nSPS) is 11.8. The van der Waals surface area contributed by atoms with E-state index < -0.39 is 0 Å². The van der Waals surface area contributed by atoms with Crippen LogP contribution in [0.5, 0.6) is 0 Å². The molecule has 0 radical (unpaired) electrons. The number of nitrogens with zero attached hydrogens (tertiary/aromatic N) is 4. The third kappa shape index (κ3) is 2.66. The third-order valence-corrected chi connectivity index (χ3v) is 3.60. The van der Waals surface area contributed by atoms with Gasteiger partial charge in [0.05, 0.1) is 12.5 Å². The first-order valence-corrected chi connectivity index (χ1v) is 6.48. The largest absolute Gasteiger partial charge is 0.346 e. The number of anilines is 1.